The lowest BCUT2D eigenvalue weighted by Gasteiger charge is -2.23. The molecule has 31 heavy (non-hydrogen) atoms. The predicted molar refractivity (Wildman–Crippen MR) is 118 cm³/mol. The van der Waals surface area contributed by atoms with Crippen molar-refractivity contribution in [2.24, 2.45) is 5.10 Å². The SMILES string of the molecule is CCOC(=O)/C=C(\C)N1N=C(c2cccc([N+](=O)[O-])c2)C[C@H]1c1c[nH]c2ccccc12. The third-order valence-corrected chi connectivity index (χ3v) is 5.26. The largest absolute Gasteiger partial charge is 0.463 e. The third kappa shape index (κ3) is 4.05. The number of hydrogen-bond donors (Lipinski definition) is 1. The highest BCUT2D eigenvalue weighted by atomic mass is 16.6. The molecule has 0 amide bonds. The molecule has 1 aliphatic rings. The van der Waals surface area contributed by atoms with Crippen LogP contribution in [0, 0.1) is 10.1 Å². The quantitative estimate of drug-likeness (QED) is 0.271. The second-order valence-corrected chi connectivity index (χ2v) is 7.25. The van der Waals surface area contributed by atoms with Crippen LogP contribution in [0.15, 0.2) is 71.6 Å². The molecule has 0 radical (unpaired) electrons. The summed E-state index contributed by atoms with van der Waals surface area (Å²) >= 11 is 0. The number of esters is 1. The molecule has 1 atom stereocenters. The zero-order valence-electron chi connectivity index (χ0n) is 17.2. The maximum absolute atomic E-state index is 12.0. The first-order valence-corrected chi connectivity index (χ1v) is 10.0. The molecule has 8 heteroatoms. The number of aromatic amines is 1. The average Bonchev–Trinajstić information content (AvgIpc) is 3.38. The van der Waals surface area contributed by atoms with Gasteiger partial charge in [-0.25, -0.2) is 4.79 Å². The molecule has 0 saturated heterocycles. The fraction of sp³-hybridized carbons (Fsp3) is 0.217. The van der Waals surface area contributed by atoms with Gasteiger partial charge in [-0.05, 0) is 19.9 Å². The van der Waals surface area contributed by atoms with Crippen LogP contribution in [-0.4, -0.2) is 33.2 Å². The van der Waals surface area contributed by atoms with E-state index in [0.717, 1.165) is 22.2 Å². The van der Waals surface area contributed by atoms with Crippen LogP contribution in [0.3, 0.4) is 0 Å². The smallest absolute Gasteiger partial charge is 0.332 e. The molecule has 1 aromatic heterocycles. The van der Waals surface area contributed by atoms with Crippen LogP contribution in [0.4, 0.5) is 5.69 Å². The van der Waals surface area contributed by atoms with Gasteiger partial charge in [-0.1, -0.05) is 30.3 Å². The van der Waals surface area contributed by atoms with Gasteiger partial charge in [0, 0.05) is 58.6 Å². The number of allylic oxidation sites excluding steroid dienone is 1. The van der Waals surface area contributed by atoms with E-state index in [2.05, 4.69) is 4.98 Å². The molecule has 0 saturated carbocycles. The van der Waals surface area contributed by atoms with Crippen LogP contribution in [-0.2, 0) is 9.53 Å². The Morgan fingerprint density at radius 3 is 2.90 bits per heavy atom. The van der Waals surface area contributed by atoms with Crippen molar-refractivity contribution in [3.8, 4) is 0 Å². The number of hydrogen-bond acceptors (Lipinski definition) is 6. The summed E-state index contributed by atoms with van der Waals surface area (Å²) in [4.78, 5) is 26.1. The molecule has 2 heterocycles. The summed E-state index contributed by atoms with van der Waals surface area (Å²) in [5.74, 6) is -0.434. The fourth-order valence-electron chi connectivity index (χ4n) is 3.84. The molecular weight excluding hydrogens is 396 g/mol. The van der Waals surface area contributed by atoms with Gasteiger partial charge in [-0.3, -0.25) is 15.1 Å². The van der Waals surface area contributed by atoms with E-state index < -0.39 is 10.9 Å². The van der Waals surface area contributed by atoms with E-state index >= 15 is 0 Å². The Bertz CT molecular complexity index is 1210. The molecule has 0 fully saturated rings. The molecule has 3 aromatic rings. The molecule has 8 nitrogen and oxygen atoms in total. The fourth-order valence-corrected chi connectivity index (χ4v) is 3.84. The van der Waals surface area contributed by atoms with Crippen molar-refractivity contribution in [3.63, 3.8) is 0 Å². The Labute approximate surface area is 179 Å². The number of nitrogens with one attached hydrogen (secondary N) is 1. The maximum Gasteiger partial charge on any atom is 0.332 e. The Morgan fingerprint density at radius 1 is 1.32 bits per heavy atom. The molecular formula is C23H22N4O4. The van der Waals surface area contributed by atoms with Crippen molar-refractivity contribution in [3.05, 3.63) is 87.7 Å². The van der Waals surface area contributed by atoms with Crippen LogP contribution in [0.5, 0.6) is 0 Å². The third-order valence-electron chi connectivity index (χ3n) is 5.26. The number of para-hydroxylation sites is 1. The number of ether oxygens (including phenoxy) is 1. The van der Waals surface area contributed by atoms with E-state index in [4.69, 9.17) is 9.84 Å². The molecule has 1 aliphatic heterocycles. The van der Waals surface area contributed by atoms with Crippen molar-refractivity contribution in [2.45, 2.75) is 26.3 Å². The normalized spacial score (nSPS) is 16.5. The number of non-ortho nitro benzene ring substituents is 1. The summed E-state index contributed by atoms with van der Waals surface area (Å²) in [7, 11) is 0. The number of hydrazone groups is 1. The number of H-pyrrole nitrogens is 1. The Balaban J connectivity index is 1.76. The van der Waals surface area contributed by atoms with Crippen LogP contribution in [0.1, 0.15) is 37.4 Å². The van der Waals surface area contributed by atoms with Gasteiger partial charge in [0.25, 0.3) is 5.69 Å². The van der Waals surface area contributed by atoms with E-state index in [0.29, 0.717) is 17.7 Å². The highest BCUT2D eigenvalue weighted by Gasteiger charge is 2.32. The first-order valence-electron chi connectivity index (χ1n) is 10.0. The summed E-state index contributed by atoms with van der Waals surface area (Å²) in [5.41, 5.74) is 4.10. The first kappa shape index (κ1) is 20.3. The number of carbonyl (C=O) groups is 1. The standard InChI is InChI=1S/C23H22N4O4/c1-3-31-23(28)11-15(2)26-22(19-14-24-20-10-5-4-9-18(19)20)13-21(25-26)16-7-6-8-17(12-16)27(29)30/h4-12,14,22,24H,3,13H2,1-2H3/b15-11+/t22-/m0/s1. The lowest BCUT2D eigenvalue weighted by Crippen LogP contribution is -2.18. The van der Waals surface area contributed by atoms with Gasteiger partial charge in [0.05, 0.1) is 23.3 Å². The summed E-state index contributed by atoms with van der Waals surface area (Å²) in [5, 5.41) is 18.8. The van der Waals surface area contributed by atoms with E-state index in [1.165, 1.54) is 18.2 Å². The zero-order valence-corrected chi connectivity index (χ0v) is 17.2. The molecule has 0 aliphatic carbocycles. The van der Waals surface area contributed by atoms with Crippen LogP contribution < -0.4 is 0 Å². The highest BCUT2D eigenvalue weighted by Crippen LogP contribution is 2.38. The van der Waals surface area contributed by atoms with Gasteiger partial charge >= 0.3 is 5.97 Å². The molecule has 1 N–H and O–H groups in total. The van der Waals surface area contributed by atoms with Gasteiger partial charge in [0.2, 0.25) is 0 Å². The minimum atomic E-state index is -0.434. The van der Waals surface area contributed by atoms with Gasteiger partial charge in [0.15, 0.2) is 0 Å². The molecule has 158 valence electrons. The second kappa shape index (κ2) is 8.43. The lowest BCUT2D eigenvalue weighted by atomic mass is 9.97. The summed E-state index contributed by atoms with van der Waals surface area (Å²) in [6, 6.07) is 14.3. The summed E-state index contributed by atoms with van der Waals surface area (Å²) in [6.45, 7) is 3.85. The Kier molecular flexibility index (Phi) is 5.53. The molecule has 2 aromatic carbocycles. The van der Waals surface area contributed by atoms with E-state index in [1.54, 1.807) is 24.9 Å². The van der Waals surface area contributed by atoms with E-state index in [-0.39, 0.29) is 18.3 Å². The van der Waals surface area contributed by atoms with Crippen LogP contribution >= 0.6 is 0 Å². The topological polar surface area (TPSA) is 101 Å². The van der Waals surface area contributed by atoms with Gasteiger partial charge in [0.1, 0.15) is 0 Å². The maximum atomic E-state index is 12.0. The molecule has 0 bridgehead atoms. The second-order valence-electron chi connectivity index (χ2n) is 7.25. The minimum Gasteiger partial charge on any atom is -0.463 e. The lowest BCUT2D eigenvalue weighted by molar-refractivity contribution is -0.384. The van der Waals surface area contributed by atoms with Crippen molar-refractivity contribution >= 4 is 28.3 Å². The average molecular weight is 418 g/mol. The van der Waals surface area contributed by atoms with Crippen molar-refractivity contribution in [2.75, 3.05) is 6.61 Å². The number of nitro groups is 1. The first-order chi connectivity index (χ1) is 15.0. The molecule has 0 spiro atoms. The van der Waals surface area contributed by atoms with E-state index in [9.17, 15) is 14.9 Å². The van der Waals surface area contributed by atoms with E-state index in [1.807, 2.05) is 36.5 Å². The monoisotopic (exact) mass is 418 g/mol. The Morgan fingerprint density at radius 2 is 2.13 bits per heavy atom. The minimum absolute atomic E-state index is 0.0149. The van der Waals surface area contributed by atoms with Gasteiger partial charge < -0.3 is 9.72 Å². The zero-order chi connectivity index (χ0) is 22.0. The predicted octanol–water partition coefficient (Wildman–Crippen LogP) is 4.69. The number of carbonyl (C=O) groups excluding carboxylic acids is 1. The highest BCUT2D eigenvalue weighted by molar-refractivity contribution is 6.03. The summed E-state index contributed by atoms with van der Waals surface area (Å²) < 4.78 is 5.05. The Hall–Kier alpha value is -3.94. The van der Waals surface area contributed by atoms with Crippen molar-refractivity contribution < 1.29 is 14.5 Å². The number of fused-ring (bicyclic) bond motifs is 1. The number of rotatable bonds is 6. The van der Waals surface area contributed by atoms with Crippen LogP contribution in [0.25, 0.3) is 10.9 Å². The van der Waals surface area contributed by atoms with Gasteiger partial charge in [-0.15, -0.1) is 0 Å². The van der Waals surface area contributed by atoms with Gasteiger partial charge in [-0.2, -0.15) is 5.10 Å². The number of nitrogens with zero attached hydrogens (tertiary/aromatic N) is 3. The van der Waals surface area contributed by atoms with Crippen molar-refractivity contribution in [1.29, 1.82) is 0 Å². The van der Waals surface area contributed by atoms with Crippen LogP contribution in [0.2, 0.25) is 0 Å². The molecule has 4 rings (SSSR count). The summed E-state index contributed by atoms with van der Waals surface area (Å²) in [6.07, 6.45) is 3.91. The number of nitro benzene ring substituents is 1. The van der Waals surface area contributed by atoms with Crippen molar-refractivity contribution in [1.82, 2.24) is 9.99 Å². The molecule has 0 unspecified atom stereocenters. The number of benzene rings is 2. The number of aromatic nitrogens is 1.